The smallest absolute Gasteiger partial charge is 0.267 e. The zero-order chi connectivity index (χ0) is 12.3. The normalized spacial score (nSPS) is 10.2. The van der Waals surface area contributed by atoms with Crippen molar-refractivity contribution in [3.05, 3.63) is 48.0 Å². The van der Waals surface area contributed by atoms with Gasteiger partial charge in [0.2, 0.25) is 0 Å². The van der Waals surface area contributed by atoms with Crippen LogP contribution in [0.4, 0.5) is 0 Å². The first-order chi connectivity index (χ1) is 8.27. The second-order valence-electron chi connectivity index (χ2n) is 3.57. The molecule has 0 N–H and O–H groups in total. The number of benzene rings is 1. The third-order valence-corrected chi connectivity index (χ3v) is 2.59. The van der Waals surface area contributed by atoms with Gasteiger partial charge in [0.1, 0.15) is 11.6 Å². The van der Waals surface area contributed by atoms with E-state index in [9.17, 15) is 4.79 Å². The maximum atomic E-state index is 12.3. The molecule has 2 aromatic rings. The predicted molar refractivity (Wildman–Crippen MR) is 64.3 cm³/mol. The molecule has 1 aromatic carbocycles. The summed E-state index contributed by atoms with van der Waals surface area (Å²) in [6, 6.07) is 7.18. The van der Waals surface area contributed by atoms with Crippen LogP contribution in [0.5, 0.6) is 5.75 Å². The van der Waals surface area contributed by atoms with E-state index in [1.54, 1.807) is 36.2 Å². The van der Waals surface area contributed by atoms with Crippen LogP contribution in [0.25, 0.3) is 0 Å². The molecule has 0 amide bonds. The number of nitrogens with zero attached hydrogens (tertiary/aromatic N) is 2. The number of aromatic nitrogens is 2. The number of para-hydroxylation sites is 1. The molecule has 17 heavy (non-hydrogen) atoms. The van der Waals surface area contributed by atoms with Crippen molar-refractivity contribution in [1.82, 2.24) is 9.55 Å². The SMILES string of the molecule is CCc1nccn1C(=O)c1ccccc1OC. The van der Waals surface area contributed by atoms with Gasteiger partial charge in [-0.25, -0.2) is 4.98 Å². The van der Waals surface area contributed by atoms with Gasteiger partial charge >= 0.3 is 0 Å². The Morgan fingerprint density at radius 2 is 2.18 bits per heavy atom. The third kappa shape index (κ3) is 2.06. The molecule has 1 heterocycles. The van der Waals surface area contributed by atoms with E-state index in [2.05, 4.69) is 4.98 Å². The third-order valence-electron chi connectivity index (χ3n) is 2.59. The molecule has 0 atom stereocenters. The summed E-state index contributed by atoms with van der Waals surface area (Å²) in [5.41, 5.74) is 0.544. The van der Waals surface area contributed by atoms with E-state index < -0.39 is 0 Å². The molecule has 0 radical (unpaired) electrons. The molecule has 2 rings (SSSR count). The minimum Gasteiger partial charge on any atom is -0.496 e. The fraction of sp³-hybridized carbons (Fsp3) is 0.231. The van der Waals surface area contributed by atoms with Gasteiger partial charge in [-0.3, -0.25) is 9.36 Å². The highest BCUT2D eigenvalue weighted by Crippen LogP contribution is 2.19. The first kappa shape index (κ1) is 11.4. The van der Waals surface area contributed by atoms with Crippen molar-refractivity contribution >= 4 is 5.91 Å². The molecule has 88 valence electrons. The van der Waals surface area contributed by atoms with Gasteiger partial charge in [0, 0.05) is 18.8 Å². The van der Waals surface area contributed by atoms with Crippen molar-refractivity contribution in [2.45, 2.75) is 13.3 Å². The summed E-state index contributed by atoms with van der Waals surface area (Å²) in [5, 5.41) is 0. The molecule has 1 aromatic heterocycles. The number of methoxy groups -OCH3 is 1. The molecular formula is C13H14N2O2. The second-order valence-corrected chi connectivity index (χ2v) is 3.57. The molecule has 0 spiro atoms. The lowest BCUT2D eigenvalue weighted by Crippen LogP contribution is -2.15. The van der Waals surface area contributed by atoms with Gasteiger partial charge in [0.15, 0.2) is 0 Å². The summed E-state index contributed by atoms with van der Waals surface area (Å²) < 4.78 is 6.74. The van der Waals surface area contributed by atoms with Gasteiger partial charge in [-0.15, -0.1) is 0 Å². The zero-order valence-electron chi connectivity index (χ0n) is 9.88. The van der Waals surface area contributed by atoms with E-state index in [1.807, 2.05) is 19.1 Å². The van der Waals surface area contributed by atoms with Crippen LogP contribution < -0.4 is 4.74 Å². The fourth-order valence-electron chi connectivity index (χ4n) is 1.73. The first-order valence-corrected chi connectivity index (χ1v) is 5.48. The number of rotatable bonds is 3. The van der Waals surface area contributed by atoms with E-state index in [-0.39, 0.29) is 5.91 Å². The summed E-state index contributed by atoms with van der Waals surface area (Å²) in [4.78, 5) is 16.4. The molecule has 0 unspecified atom stereocenters. The average molecular weight is 230 g/mol. The Hall–Kier alpha value is -2.10. The van der Waals surface area contributed by atoms with Crippen LogP contribution in [0, 0.1) is 0 Å². The minimum atomic E-state index is -0.114. The summed E-state index contributed by atoms with van der Waals surface area (Å²) in [7, 11) is 1.56. The van der Waals surface area contributed by atoms with Gasteiger partial charge in [-0.1, -0.05) is 19.1 Å². The molecule has 0 aliphatic rings. The van der Waals surface area contributed by atoms with E-state index in [4.69, 9.17) is 4.74 Å². The summed E-state index contributed by atoms with van der Waals surface area (Å²) >= 11 is 0. The summed E-state index contributed by atoms with van der Waals surface area (Å²) in [6.45, 7) is 1.97. The monoisotopic (exact) mass is 230 g/mol. The standard InChI is InChI=1S/C13H14N2O2/c1-3-12-14-8-9-15(12)13(16)10-6-4-5-7-11(10)17-2/h4-9H,3H2,1-2H3. The van der Waals surface area contributed by atoms with Crippen molar-refractivity contribution in [1.29, 1.82) is 0 Å². The summed E-state index contributed by atoms with van der Waals surface area (Å²) in [5.74, 6) is 1.21. The van der Waals surface area contributed by atoms with Crippen molar-refractivity contribution in [3.63, 3.8) is 0 Å². The van der Waals surface area contributed by atoms with E-state index >= 15 is 0 Å². The van der Waals surface area contributed by atoms with Crippen LogP contribution >= 0.6 is 0 Å². The molecular weight excluding hydrogens is 216 g/mol. The van der Waals surface area contributed by atoms with E-state index in [1.165, 1.54) is 0 Å². The largest absolute Gasteiger partial charge is 0.496 e. The molecule has 4 nitrogen and oxygen atoms in total. The highest BCUT2D eigenvalue weighted by Gasteiger charge is 2.15. The molecule has 0 saturated heterocycles. The lowest BCUT2D eigenvalue weighted by atomic mass is 10.2. The van der Waals surface area contributed by atoms with Crippen LogP contribution in [0.15, 0.2) is 36.7 Å². The van der Waals surface area contributed by atoms with Crippen LogP contribution in [-0.4, -0.2) is 22.6 Å². The van der Waals surface area contributed by atoms with Gasteiger partial charge in [0.25, 0.3) is 5.91 Å². The first-order valence-electron chi connectivity index (χ1n) is 5.48. The Bertz CT molecular complexity index is 532. The number of hydrogen-bond acceptors (Lipinski definition) is 3. The Kier molecular flexibility index (Phi) is 3.23. The predicted octanol–water partition coefficient (Wildman–Crippen LogP) is 2.14. The number of ether oxygens (including phenoxy) is 1. The van der Waals surface area contributed by atoms with Crippen LogP contribution in [0.1, 0.15) is 23.1 Å². The topological polar surface area (TPSA) is 44.1 Å². The summed E-state index contributed by atoms with van der Waals surface area (Å²) in [6.07, 6.45) is 4.02. The highest BCUT2D eigenvalue weighted by atomic mass is 16.5. The number of carbonyl (C=O) groups excluding carboxylic acids is 1. The van der Waals surface area contributed by atoms with Crippen molar-refractivity contribution in [2.24, 2.45) is 0 Å². The van der Waals surface area contributed by atoms with Crippen molar-refractivity contribution in [2.75, 3.05) is 7.11 Å². The molecule has 0 bridgehead atoms. The molecule has 0 aliphatic carbocycles. The Morgan fingerprint density at radius 1 is 1.41 bits per heavy atom. The average Bonchev–Trinajstić information content (AvgIpc) is 2.86. The van der Waals surface area contributed by atoms with Crippen LogP contribution in [-0.2, 0) is 6.42 Å². The molecule has 0 saturated carbocycles. The van der Waals surface area contributed by atoms with Gasteiger partial charge in [0.05, 0.1) is 12.7 Å². The molecule has 0 aliphatic heterocycles. The Balaban J connectivity index is 2.44. The maximum absolute atomic E-state index is 12.3. The second kappa shape index (κ2) is 4.82. The van der Waals surface area contributed by atoms with Gasteiger partial charge in [-0.2, -0.15) is 0 Å². The number of carbonyl (C=O) groups is 1. The quantitative estimate of drug-likeness (QED) is 0.811. The molecule has 0 fully saturated rings. The van der Waals surface area contributed by atoms with E-state index in [0.717, 1.165) is 5.82 Å². The minimum absolute atomic E-state index is 0.114. The fourth-order valence-corrected chi connectivity index (χ4v) is 1.73. The van der Waals surface area contributed by atoms with Crippen LogP contribution in [0.2, 0.25) is 0 Å². The highest BCUT2D eigenvalue weighted by molar-refractivity contribution is 5.98. The number of aryl methyl sites for hydroxylation is 1. The maximum Gasteiger partial charge on any atom is 0.267 e. The zero-order valence-corrected chi connectivity index (χ0v) is 9.88. The Labute approximate surface area is 99.9 Å². The van der Waals surface area contributed by atoms with Crippen LogP contribution in [0.3, 0.4) is 0 Å². The lowest BCUT2D eigenvalue weighted by molar-refractivity contribution is 0.0953. The molecule has 4 heteroatoms. The van der Waals surface area contributed by atoms with Gasteiger partial charge in [-0.05, 0) is 12.1 Å². The van der Waals surface area contributed by atoms with E-state index in [0.29, 0.717) is 17.7 Å². The van der Waals surface area contributed by atoms with Crippen molar-refractivity contribution < 1.29 is 9.53 Å². The number of hydrogen-bond donors (Lipinski definition) is 0. The van der Waals surface area contributed by atoms with Gasteiger partial charge < -0.3 is 4.74 Å². The van der Waals surface area contributed by atoms with Crippen molar-refractivity contribution in [3.8, 4) is 5.75 Å². The number of imidazole rings is 1. The Morgan fingerprint density at radius 3 is 2.88 bits per heavy atom. The lowest BCUT2D eigenvalue weighted by Gasteiger charge is -2.09.